The van der Waals surface area contributed by atoms with Gasteiger partial charge in [-0.2, -0.15) is 0 Å². The fourth-order valence-corrected chi connectivity index (χ4v) is 3.97. The summed E-state index contributed by atoms with van der Waals surface area (Å²) < 4.78 is 17.5. The van der Waals surface area contributed by atoms with Crippen LogP contribution in [-0.4, -0.2) is 32.0 Å². The van der Waals surface area contributed by atoms with E-state index in [4.69, 9.17) is 31.5 Å². The van der Waals surface area contributed by atoms with E-state index in [0.717, 1.165) is 42.0 Å². The molecule has 1 saturated heterocycles. The molecular weight excluding hydrogens is 386 g/mol. The second kappa shape index (κ2) is 9.94. The second-order valence-corrected chi connectivity index (χ2v) is 8.41. The first-order chi connectivity index (χ1) is 14.2. The smallest absolute Gasteiger partial charge is 0.119 e. The second-order valence-electron chi connectivity index (χ2n) is 8.00. The van der Waals surface area contributed by atoms with Crippen LogP contribution in [0.1, 0.15) is 54.9 Å². The van der Waals surface area contributed by atoms with Gasteiger partial charge in [0.05, 0.1) is 24.9 Å². The third-order valence-corrected chi connectivity index (χ3v) is 5.97. The molecule has 2 aromatic carbocycles. The van der Waals surface area contributed by atoms with Crippen molar-refractivity contribution in [3.8, 4) is 5.75 Å². The maximum atomic E-state index is 6.49. The summed E-state index contributed by atoms with van der Waals surface area (Å²) in [4.78, 5) is 0. The van der Waals surface area contributed by atoms with Gasteiger partial charge in [-0.15, -0.1) is 0 Å². The molecule has 29 heavy (non-hydrogen) atoms. The summed E-state index contributed by atoms with van der Waals surface area (Å²) in [5.41, 5.74) is 9.32. The van der Waals surface area contributed by atoms with Crippen LogP contribution in [0, 0.1) is 0 Å². The number of halogens is 1. The molecule has 0 spiro atoms. The fraction of sp³-hybridized carbons (Fsp3) is 0.500. The first-order valence-electron chi connectivity index (χ1n) is 10.7. The minimum atomic E-state index is 0.113. The van der Waals surface area contributed by atoms with Crippen LogP contribution >= 0.6 is 11.6 Å². The molecule has 1 aliphatic carbocycles. The molecule has 1 saturated carbocycles. The van der Waals surface area contributed by atoms with E-state index >= 15 is 0 Å². The Labute approximate surface area is 178 Å². The quantitative estimate of drug-likeness (QED) is 0.582. The molecule has 2 aliphatic rings. The van der Waals surface area contributed by atoms with Crippen LogP contribution in [0.2, 0.25) is 5.02 Å². The van der Waals surface area contributed by atoms with Crippen molar-refractivity contribution >= 4 is 11.6 Å². The van der Waals surface area contributed by atoms with Crippen LogP contribution in [0.4, 0.5) is 0 Å². The lowest BCUT2D eigenvalue weighted by Gasteiger charge is -2.30. The molecule has 156 valence electrons. The standard InChI is InChI=1S/C24H30ClNO3/c25-23-11-6-18(24-3-1-2-22(16-26)29-24)15-19(23)14-17-4-7-20(8-5-17)27-12-13-28-21-9-10-21/h4-8,11,15,21-22,24H,1-3,9-10,12-14,16,26H2. The Morgan fingerprint density at radius 2 is 1.83 bits per heavy atom. The van der Waals surface area contributed by atoms with Crippen molar-refractivity contribution in [3.05, 3.63) is 64.2 Å². The van der Waals surface area contributed by atoms with Crippen molar-refractivity contribution < 1.29 is 14.2 Å². The van der Waals surface area contributed by atoms with E-state index in [9.17, 15) is 0 Å². The Morgan fingerprint density at radius 3 is 2.59 bits per heavy atom. The number of rotatable bonds is 9. The monoisotopic (exact) mass is 415 g/mol. The number of hydrogen-bond donors (Lipinski definition) is 1. The SMILES string of the molecule is NCC1CCCC(c2ccc(Cl)c(Cc3ccc(OCCOC4CC4)cc3)c2)O1. The van der Waals surface area contributed by atoms with Crippen molar-refractivity contribution in [1.29, 1.82) is 0 Å². The minimum Gasteiger partial charge on any atom is -0.491 e. The lowest BCUT2D eigenvalue weighted by molar-refractivity contribution is -0.0462. The Kier molecular flexibility index (Phi) is 7.09. The molecule has 4 rings (SSSR count). The van der Waals surface area contributed by atoms with Gasteiger partial charge < -0.3 is 19.9 Å². The predicted octanol–water partition coefficient (Wildman–Crippen LogP) is 5.06. The summed E-state index contributed by atoms with van der Waals surface area (Å²) in [6.45, 7) is 1.83. The van der Waals surface area contributed by atoms with Crippen LogP contribution in [0.5, 0.6) is 5.75 Å². The van der Waals surface area contributed by atoms with Gasteiger partial charge >= 0.3 is 0 Å². The summed E-state index contributed by atoms with van der Waals surface area (Å²) in [6, 6.07) is 14.5. The molecule has 2 atom stereocenters. The van der Waals surface area contributed by atoms with Gasteiger partial charge in [0, 0.05) is 11.6 Å². The molecule has 2 N–H and O–H groups in total. The van der Waals surface area contributed by atoms with Crippen LogP contribution in [0.25, 0.3) is 0 Å². The zero-order valence-electron chi connectivity index (χ0n) is 16.8. The van der Waals surface area contributed by atoms with E-state index in [1.54, 1.807) is 0 Å². The molecule has 2 unspecified atom stereocenters. The summed E-state index contributed by atoms with van der Waals surface area (Å²) >= 11 is 6.49. The molecule has 1 heterocycles. The van der Waals surface area contributed by atoms with E-state index in [2.05, 4.69) is 24.3 Å². The minimum absolute atomic E-state index is 0.113. The maximum Gasteiger partial charge on any atom is 0.119 e. The topological polar surface area (TPSA) is 53.7 Å². The molecule has 2 fully saturated rings. The van der Waals surface area contributed by atoms with E-state index in [0.29, 0.717) is 25.9 Å². The lowest BCUT2D eigenvalue weighted by Crippen LogP contribution is -2.29. The number of nitrogens with two attached hydrogens (primary N) is 1. The Morgan fingerprint density at radius 1 is 1.00 bits per heavy atom. The molecule has 0 amide bonds. The average molecular weight is 416 g/mol. The number of benzene rings is 2. The van der Waals surface area contributed by atoms with Crippen LogP contribution in [0.3, 0.4) is 0 Å². The number of ether oxygens (including phenoxy) is 3. The molecule has 4 nitrogen and oxygen atoms in total. The van der Waals surface area contributed by atoms with Crippen molar-refractivity contribution in [3.63, 3.8) is 0 Å². The Hall–Kier alpha value is -1.59. The predicted molar refractivity (Wildman–Crippen MR) is 116 cm³/mol. The molecule has 5 heteroatoms. The van der Waals surface area contributed by atoms with E-state index in [-0.39, 0.29) is 12.2 Å². The molecular formula is C24H30ClNO3. The van der Waals surface area contributed by atoms with Gasteiger partial charge in [0.15, 0.2) is 0 Å². The van der Waals surface area contributed by atoms with Crippen LogP contribution in [0.15, 0.2) is 42.5 Å². The van der Waals surface area contributed by atoms with Gasteiger partial charge in [-0.25, -0.2) is 0 Å². The van der Waals surface area contributed by atoms with E-state index < -0.39 is 0 Å². The zero-order chi connectivity index (χ0) is 20.1. The molecule has 0 radical (unpaired) electrons. The van der Waals surface area contributed by atoms with Crippen molar-refractivity contribution in [2.24, 2.45) is 5.73 Å². The van der Waals surface area contributed by atoms with Crippen molar-refractivity contribution in [2.45, 2.75) is 56.8 Å². The Balaban J connectivity index is 1.35. The van der Waals surface area contributed by atoms with E-state index in [1.165, 1.54) is 24.0 Å². The highest BCUT2D eigenvalue weighted by molar-refractivity contribution is 6.31. The van der Waals surface area contributed by atoms with Crippen molar-refractivity contribution in [2.75, 3.05) is 19.8 Å². The van der Waals surface area contributed by atoms with Gasteiger partial charge in [-0.05, 0) is 73.4 Å². The first-order valence-corrected chi connectivity index (χ1v) is 11.1. The molecule has 1 aliphatic heterocycles. The third-order valence-electron chi connectivity index (χ3n) is 5.60. The average Bonchev–Trinajstić information content (AvgIpc) is 3.58. The zero-order valence-corrected chi connectivity index (χ0v) is 17.6. The largest absolute Gasteiger partial charge is 0.491 e. The van der Waals surface area contributed by atoms with Gasteiger partial charge in [0.1, 0.15) is 12.4 Å². The number of hydrogen-bond acceptors (Lipinski definition) is 4. The summed E-state index contributed by atoms with van der Waals surface area (Å²) in [6.07, 6.45) is 7.15. The third kappa shape index (κ3) is 5.95. The maximum absolute atomic E-state index is 6.49. The lowest BCUT2D eigenvalue weighted by atomic mass is 9.95. The van der Waals surface area contributed by atoms with Gasteiger partial charge in [-0.1, -0.05) is 35.9 Å². The fourth-order valence-electron chi connectivity index (χ4n) is 3.78. The van der Waals surface area contributed by atoms with Crippen LogP contribution < -0.4 is 10.5 Å². The summed E-state index contributed by atoms with van der Waals surface area (Å²) in [7, 11) is 0. The normalized spacial score (nSPS) is 21.9. The first kappa shape index (κ1) is 20.7. The molecule has 0 bridgehead atoms. The van der Waals surface area contributed by atoms with Gasteiger partial charge in [0.25, 0.3) is 0 Å². The highest BCUT2D eigenvalue weighted by atomic mass is 35.5. The molecule has 0 aromatic heterocycles. The van der Waals surface area contributed by atoms with Gasteiger partial charge in [-0.3, -0.25) is 0 Å². The summed E-state index contributed by atoms with van der Waals surface area (Å²) in [5.74, 6) is 0.872. The highest BCUT2D eigenvalue weighted by Crippen LogP contribution is 2.33. The molecule has 2 aromatic rings. The summed E-state index contributed by atoms with van der Waals surface area (Å²) in [5, 5.41) is 0.789. The van der Waals surface area contributed by atoms with Gasteiger partial charge in [0.2, 0.25) is 0 Å². The Bertz CT molecular complexity index is 791. The van der Waals surface area contributed by atoms with Crippen LogP contribution in [-0.2, 0) is 15.9 Å². The highest BCUT2D eigenvalue weighted by Gasteiger charge is 2.23. The van der Waals surface area contributed by atoms with E-state index in [1.807, 2.05) is 18.2 Å². The van der Waals surface area contributed by atoms with Crippen molar-refractivity contribution in [1.82, 2.24) is 0 Å².